The van der Waals surface area contributed by atoms with E-state index in [1.807, 2.05) is 19.6 Å². The Kier molecular flexibility index (Phi) is 3.61. The summed E-state index contributed by atoms with van der Waals surface area (Å²) in [5.74, 6) is 0. The Morgan fingerprint density at radius 2 is 2.38 bits per heavy atom. The Hall–Kier alpha value is -0.870. The fraction of sp³-hybridized carbons (Fsp3) is 0.750. The van der Waals surface area contributed by atoms with Gasteiger partial charge >= 0.3 is 0 Å². The molecule has 1 aromatic heterocycles. The van der Waals surface area contributed by atoms with Crippen molar-refractivity contribution in [2.45, 2.75) is 38.3 Å². The van der Waals surface area contributed by atoms with Gasteiger partial charge in [-0.2, -0.15) is 0 Å². The van der Waals surface area contributed by atoms with Gasteiger partial charge in [-0.15, -0.1) is 0 Å². The van der Waals surface area contributed by atoms with Gasteiger partial charge in [0.15, 0.2) is 0 Å². The minimum atomic E-state index is 0.322. The van der Waals surface area contributed by atoms with Crippen LogP contribution in [0.25, 0.3) is 0 Å². The van der Waals surface area contributed by atoms with Gasteiger partial charge in [-0.3, -0.25) is 4.90 Å². The predicted molar refractivity (Wildman–Crippen MR) is 65.0 cm³/mol. The van der Waals surface area contributed by atoms with E-state index < -0.39 is 0 Å². The molecule has 0 amide bonds. The Morgan fingerprint density at radius 3 is 2.94 bits per heavy atom. The second-order valence-electron chi connectivity index (χ2n) is 4.76. The lowest BCUT2D eigenvalue weighted by atomic mass is 10.00. The fourth-order valence-corrected chi connectivity index (χ4v) is 2.70. The van der Waals surface area contributed by atoms with Gasteiger partial charge in [0.2, 0.25) is 0 Å². The van der Waals surface area contributed by atoms with Gasteiger partial charge in [-0.25, -0.2) is 4.98 Å². The van der Waals surface area contributed by atoms with E-state index in [4.69, 9.17) is 5.73 Å². The van der Waals surface area contributed by atoms with E-state index in [1.54, 1.807) is 0 Å². The van der Waals surface area contributed by atoms with Crippen LogP contribution < -0.4 is 5.73 Å². The third-order valence-electron chi connectivity index (χ3n) is 3.67. The highest BCUT2D eigenvalue weighted by Gasteiger charge is 2.27. The number of piperidine rings is 1. The number of hydrogen-bond donors (Lipinski definition) is 1. The number of nitrogens with two attached hydrogens (primary N) is 1. The molecule has 16 heavy (non-hydrogen) atoms. The van der Waals surface area contributed by atoms with Crippen molar-refractivity contribution in [2.75, 3.05) is 13.1 Å². The Bertz CT molecular complexity index is 334. The van der Waals surface area contributed by atoms with Crippen molar-refractivity contribution in [2.24, 2.45) is 12.8 Å². The number of nitrogens with zero attached hydrogens (tertiary/aromatic N) is 3. The van der Waals surface area contributed by atoms with Gasteiger partial charge in [0.05, 0.1) is 18.1 Å². The third-order valence-corrected chi connectivity index (χ3v) is 3.67. The zero-order valence-electron chi connectivity index (χ0n) is 10.3. The number of imidazole rings is 1. The second-order valence-corrected chi connectivity index (χ2v) is 4.76. The number of likely N-dealkylation sites (tertiary alicyclic amines) is 1. The molecule has 4 heteroatoms. The maximum Gasteiger partial charge on any atom is 0.0946 e. The Balaban J connectivity index is 2.18. The van der Waals surface area contributed by atoms with E-state index in [-0.39, 0.29) is 0 Å². The van der Waals surface area contributed by atoms with Crippen LogP contribution in [0.1, 0.15) is 37.9 Å². The molecule has 1 aliphatic rings. The molecule has 0 bridgehead atoms. The normalized spacial score (nSPS) is 24.6. The molecule has 90 valence electrons. The van der Waals surface area contributed by atoms with Crippen LogP contribution in [-0.4, -0.2) is 33.6 Å². The van der Waals surface area contributed by atoms with E-state index in [1.165, 1.54) is 25.0 Å². The summed E-state index contributed by atoms with van der Waals surface area (Å²) in [6, 6.07) is 0.958. The summed E-state index contributed by atoms with van der Waals surface area (Å²) in [7, 11) is 2.04. The standard InChI is InChI=1S/C12H22N4/c1-10-5-3-4-6-16(10)11(7-13)12-8-14-9-15(12)2/h8-11H,3-7,13H2,1-2H3. The second kappa shape index (κ2) is 4.97. The summed E-state index contributed by atoms with van der Waals surface area (Å²) >= 11 is 0. The van der Waals surface area contributed by atoms with Crippen LogP contribution in [0.15, 0.2) is 12.5 Å². The van der Waals surface area contributed by atoms with Gasteiger partial charge in [-0.1, -0.05) is 6.42 Å². The molecule has 1 aromatic rings. The van der Waals surface area contributed by atoms with Crippen molar-refractivity contribution < 1.29 is 0 Å². The SMILES string of the molecule is CC1CCCCN1C(CN)c1cncn1C. The molecule has 2 rings (SSSR count). The van der Waals surface area contributed by atoms with Crippen molar-refractivity contribution in [3.05, 3.63) is 18.2 Å². The van der Waals surface area contributed by atoms with Gasteiger partial charge in [0, 0.05) is 25.8 Å². The van der Waals surface area contributed by atoms with E-state index in [0.717, 1.165) is 6.54 Å². The summed E-state index contributed by atoms with van der Waals surface area (Å²) in [6.45, 7) is 4.14. The van der Waals surface area contributed by atoms with Gasteiger partial charge in [0.25, 0.3) is 0 Å². The molecule has 1 fully saturated rings. The van der Waals surface area contributed by atoms with Crippen LogP contribution in [-0.2, 0) is 7.05 Å². The molecule has 2 unspecified atom stereocenters. The van der Waals surface area contributed by atoms with Crippen molar-refractivity contribution in [3.8, 4) is 0 Å². The van der Waals surface area contributed by atoms with Crippen LogP contribution >= 0.6 is 0 Å². The van der Waals surface area contributed by atoms with E-state index >= 15 is 0 Å². The molecular weight excluding hydrogens is 200 g/mol. The predicted octanol–water partition coefficient (Wildman–Crippen LogP) is 1.29. The molecule has 0 spiro atoms. The summed E-state index contributed by atoms with van der Waals surface area (Å²) in [6.07, 6.45) is 7.72. The van der Waals surface area contributed by atoms with Crippen LogP contribution in [0.5, 0.6) is 0 Å². The van der Waals surface area contributed by atoms with Gasteiger partial charge in [0.1, 0.15) is 0 Å². The lowest BCUT2D eigenvalue weighted by Gasteiger charge is -2.39. The molecule has 2 heterocycles. The molecular formula is C12H22N4. The molecule has 0 aromatic carbocycles. The number of aryl methyl sites for hydroxylation is 1. The summed E-state index contributed by atoms with van der Waals surface area (Å²) < 4.78 is 2.08. The van der Waals surface area contributed by atoms with Crippen LogP contribution in [0.3, 0.4) is 0 Å². The zero-order valence-corrected chi connectivity index (χ0v) is 10.3. The van der Waals surface area contributed by atoms with Crippen molar-refractivity contribution in [1.29, 1.82) is 0 Å². The largest absolute Gasteiger partial charge is 0.336 e. The first kappa shape index (κ1) is 11.6. The Labute approximate surface area is 97.4 Å². The third kappa shape index (κ3) is 2.13. The summed E-state index contributed by atoms with van der Waals surface area (Å²) in [4.78, 5) is 6.72. The smallest absolute Gasteiger partial charge is 0.0946 e. The lowest BCUT2D eigenvalue weighted by molar-refractivity contribution is 0.105. The fourth-order valence-electron chi connectivity index (χ4n) is 2.70. The van der Waals surface area contributed by atoms with Crippen molar-refractivity contribution in [3.63, 3.8) is 0 Å². The maximum absolute atomic E-state index is 5.94. The first-order valence-electron chi connectivity index (χ1n) is 6.16. The highest BCUT2D eigenvalue weighted by molar-refractivity contribution is 5.07. The molecule has 4 nitrogen and oxygen atoms in total. The van der Waals surface area contributed by atoms with Gasteiger partial charge < -0.3 is 10.3 Å². The quantitative estimate of drug-likeness (QED) is 0.838. The summed E-state index contributed by atoms with van der Waals surface area (Å²) in [5.41, 5.74) is 7.18. The number of hydrogen-bond acceptors (Lipinski definition) is 3. The zero-order chi connectivity index (χ0) is 11.5. The van der Waals surface area contributed by atoms with E-state index in [0.29, 0.717) is 18.6 Å². The van der Waals surface area contributed by atoms with E-state index in [2.05, 4.69) is 21.4 Å². The highest BCUT2D eigenvalue weighted by Crippen LogP contribution is 2.27. The average Bonchev–Trinajstić information content (AvgIpc) is 2.69. The first-order valence-corrected chi connectivity index (χ1v) is 6.16. The molecule has 0 saturated carbocycles. The molecule has 2 atom stereocenters. The number of aromatic nitrogens is 2. The van der Waals surface area contributed by atoms with Gasteiger partial charge in [-0.05, 0) is 26.3 Å². The van der Waals surface area contributed by atoms with Crippen LogP contribution in [0.2, 0.25) is 0 Å². The minimum absolute atomic E-state index is 0.322. The molecule has 1 aliphatic heterocycles. The average molecular weight is 222 g/mol. The molecule has 1 saturated heterocycles. The number of rotatable bonds is 3. The first-order chi connectivity index (χ1) is 7.74. The highest BCUT2D eigenvalue weighted by atomic mass is 15.2. The van der Waals surface area contributed by atoms with Crippen molar-refractivity contribution in [1.82, 2.24) is 14.5 Å². The summed E-state index contributed by atoms with van der Waals surface area (Å²) in [5, 5.41) is 0. The maximum atomic E-state index is 5.94. The van der Waals surface area contributed by atoms with E-state index in [9.17, 15) is 0 Å². The Morgan fingerprint density at radius 1 is 1.56 bits per heavy atom. The molecule has 0 radical (unpaired) electrons. The molecule has 0 aliphatic carbocycles. The monoisotopic (exact) mass is 222 g/mol. The molecule has 2 N–H and O–H groups in total. The van der Waals surface area contributed by atoms with Crippen LogP contribution in [0.4, 0.5) is 0 Å². The van der Waals surface area contributed by atoms with Crippen LogP contribution in [0, 0.1) is 0 Å². The minimum Gasteiger partial charge on any atom is -0.336 e. The topological polar surface area (TPSA) is 47.1 Å². The lowest BCUT2D eigenvalue weighted by Crippen LogP contribution is -2.43. The van der Waals surface area contributed by atoms with Crippen molar-refractivity contribution >= 4 is 0 Å².